The number of aryl methyl sites for hydroxylation is 2. The van der Waals surface area contributed by atoms with Gasteiger partial charge in [-0.2, -0.15) is 0 Å². The molecule has 1 atom stereocenters. The average Bonchev–Trinajstić information content (AvgIpc) is 2.36. The van der Waals surface area contributed by atoms with Crippen molar-refractivity contribution in [3.63, 3.8) is 0 Å². The van der Waals surface area contributed by atoms with Gasteiger partial charge < -0.3 is 20.3 Å². The van der Waals surface area contributed by atoms with Crippen LogP contribution in [0.3, 0.4) is 0 Å². The van der Waals surface area contributed by atoms with Crippen LogP contribution in [0.2, 0.25) is 0 Å². The molecule has 1 amide bonds. The van der Waals surface area contributed by atoms with E-state index >= 15 is 0 Å². The van der Waals surface area contributed by atoms with E-state index in [9.17, 15) is 14.7 Å². The highest BCUT2D eigenvalue weighted by Crippen LogP contribution is 2.28. The van der Waals surface area contributed by atoms with Gasteiger partial charge in [-0.15, -0.1) is 0 Å². The third-order valence-corrected chi connectivity index (χ3v) is 3.33. The zero-order chi connectivity index (χ0) is 16.7. The van der Waals surface area contributed by atoms with Crippen molar-refractivity contribution in [1.29, 1.82) is 0 Å². The van der Waals surface area contributed by atoms with Crippen LogP contribution in [-0.2, 0) is 9.53 Å². The summed E-state index contributed by atoms with van der Waals surface area (Å²) in [6, 6.07) is 2.38. The Morgan fingerprint density at radius 1 is 1.27 bits per heavy atom. The molecule has 122 valence electrons. The minimum Gasteiger partial charge on any atom is -0.508 e. The molecule has 0 saturated heterocycles. The minimum atomic E-state index is -1.02. The molecular weight excluding hydrogens is 286 g/mol. The van der Waals surface area contributed by atoms with Gasteiger partial charge in [-0.25, -0.2) is 4.79 Å². The Kier molecular flexibility index (Phi) is 6.69. The van der Waals surface area contributed by atoms with Crippen LogP contribution in [0.1, 0.15) is 48.9 Å². The molecule has 0 bridgehead atoms. The van der Waals surface area contributed by atoms with Crippen molar-refractivity contribution in [3.8, 4) is 5.75 Å². The Morgan fingerprint density at radius 2 is 1.86 bits per heavy atom. The van der Waals surface area contributed by atoms with Crippen LogP contribution >= 0.6 is 0 Å². The van der Waals surface area contributed by atoms with Gasteiger partial charge in [0.15, 0.2) is 0 Å². The molecule has 1 aromatic carbocycles. The molecule has 0 aromatic heterocycles. The maximum absolute atomic E-state index is 11.8. The molecule has 0 spiro atoms. The minimum absolute atomic E-state index is 0.110. The van der Waals surface area contributed by atoms with Crippen molar-refractivity contribution in [2.75, 3.05) is 6.61 Å². The predicted molar refractivity (Wildman–Crippen MR) is 82.0 cm³/mol. The summed E-state index contributed by atoms with van der Waals surface area (Å²) in [6.45, 7) is 5.81. The SMILES string of the molecule is CCCCOC(=O)NC(CC(=O)O)c1c(C)cc(O)cc1C. The molecule has 0 aliphatic heterocycles. The number of aliphatic carboxylic acids is 1. The third-order valence-electron chi connectivity index (χ3n) is 3.33. The van der Waals surface area contributed by atoms with Crippen LogP contribution in [0.25, 0.3) is 0 Å². The van der Waals surface area contributed by atoms with Gasteiger partial charge in [0.2, 0.25) is 0 Å². The van der Waals surface area contributed by atoms with Crippen LogP contribution < -0.4 is 5.32 Å². The molecule has 1 unspecified atom stereocenters. The highest BCUT2D eigenvalue weighted by molar-refractivity contribution is 5.72. The van der Waals surface area contributed by atoms with Crippen LogP contribution in [0.15, 0.2) is 12.1 Å². The second-order valence-corrected chi connectivity index (χ2v) is 5.28. The van der Waals surface area contributed by atoms with E-state index in [2.05, 4.69) is 5.32 Å². The Labute approximate surface area is 130 Å². The van der Waals surface area contributed by atoms with Crippen molar-refractivity contribution in [1.82, 2.24) is 5.32 Å². The number of alkyl carbamates (subject to hydrolysis) is 1. The monoisotopic (exact) mass is 309 g/mol. The van der Waals surface area contributed by atoms with Gasteiger partial charge >= 0.3 is 12.1 Å². The van der Waals surface area contributed by atoms with E-state index in [4.69, 9.17) is 9.84 Å². The summed E-state index contributed by atoms with van der Waals surface area (Å²) >= 11 is 0. The number of carbonyl (C=O) groups excluding carboxylic acids is 1. The fraction of sp³-hybridized carbons (Fsp3) is 0.500. The second kappa shape index (κ2) is 8.26. The van der Waals surface area contributed by atoms with Gasteiger partial charge in [-0.1, -0.05) is 13.3 Å². The number of amides is 1. The van der Waals surface area contributed by atoms with Crippen molar-refractivity contribution in [2.24, 2.45) is 0 Å². The Morgan fingerprint density at radius 3 is 2.36 bits per heavy atom. The molecule has 0 aliphatic carbocycles. The number of unbranched alkanes of at least 4 members (excludes halogenated alkanes) is 1. The number of aromatic hydroxyl groups is 1. The smallest absolute Gasteiger partial charge is 0.407 e. The number of ether oxygens (including phenoxy) is 1. The first kappa shape index (κ1) is 17.8. The van der Waals surface area contributed by atoms with Gasteiger partial charge in [0, 0.05) is 0 Å². The summed E-state index contributed by atoms with van der Waals surface area (Å²) in [5, 5.41) is 21.2. The summed E-state index contributed by atoms with van der Waals surface area (Å²) in [5.74, 6) is -0.913. The van der Waals surface area contributed by atoms with Crippen molar-refractivity contribution >= 4 is 12.1 Å². The lowest BCUT2D eigenvalue weighted by molar-refractivity contribution is -0.137. The first-order chi connectivity index (χ1) is 10.3. The first-order valence-corrected chi connectivity index (χ1v) is 7.30. The average molecular weight is 309 g/mol. The number of carboxylic acids is 1. The largest absolute Gasteiger partial charge is 0.508 e. The lowest BCUT2D eigenvalue weighted by Crippen LogP contribution is -2.32. The summed E-state index contributed by atoms with van der Waals surface area (Å²) in [7, 11) is 0. The number of hydrogen-bond donors (Lipinski definition) is 3. The lowest BCUT2D eigenvalue weighted by atomic mass is 9.94. The standard InChI is InChI=1S/C16H23NO5/c1-4-5-6-22-16(21)17-13(9-14(19)20)15-10(2)7-12(18)8-11(15)3/h7-8,13,18H,4-6,9H2,1-3H3,(H,17,21)(H,19,20). The number of carboxylic acid groups (broad SMARTS) is 1. The fourth-order valence-electron chi connectivity index (χ4n) is 2.39. The van der Waals surface area contributed by atoms with E-state index in [0.717, 1.165) is 24.0 Å². The summed E-state index contributed by atoms with van der Waals surface area (Å²) in [5.41, 5.74) is 2.13. The molecule has 0 saturated carbocycles. The van der Waals surface area contributed by atoms with Gasteiger partial charge in [-0.3, -0.25) is 4.79 Å². The second-order valence-electron chi connectivity index (χ2n) is 5.28. The van der Waals surface area contributed by atoms with Gasteiger partial charge in [0.05, 0.1) is 19.1 Å². The number of phenols is 1. The van der Waals surface area contributed by atoms with Crippen molar-refractivity contribution in [3.05, 3.63) is 28.8 Å². The number of benzene rings is 1. The number of hydrogen-bond acceptors (Lipinski definition) is 4. The molecule has 3 N–H and O–H groups in total. The van der Waals surface area contributed by atoms with Gasteiger partial charge in [0.25, 0.3) is 0 Å². The summed E-state index contributed by atoms with van der Waals surface area (Å²) < 4.78 is 5.03. The number of carbonyl (C=O) groups is 2. The topological polar surface area (TPSA) is 95.9 Å². The number of rotatable bonds is 7. The zero-order valence-electron chi connectivity index (χ0n) is 13.2. The first-order valence-electron chi connectivity index (χ1n) is 7.30. The zero-order valence-corrected chi connectivity index (χ0v) is 13.2. The highest BCUT2D eigenvalue weighted by Gasteiger charge is 2.22. The van der Waals surface area contributed by atoms with E-state index in [1.165, 1.54) is 0 Å². The molecule has 1 aromatic rings. The lowest BCUT2D eigenvalue weighted by Gasteiger charge is -2.21. The van der Waals surface area contributed by atoms with E-state index in [0.29, 0.717) is 12.2 Å². The van der Waals surface area contributed by atoms with Gasteiger partial charge in [-0.05, 0) is 49.1 Å². The number of nitrogens with one attached hydrogen (secondary N) is 1. The molecule has 0 fully saturated rings. The summed E-state index contributed by atoms with van der Waals surface area (Å²) in [4.78, 5) is 22.9. The maximum atomic E-state index is 11.8. The van der Waals surface area contributed by atoms with E-state index in [-0.39, 0.29) is 12.2 Å². The van der Waals surface area contributed by atoms with Gasteiger partial charge in [0.1, 0.15) is 5.75 Å². The molecular formula is C16H23NO5. The normalized spacial score (nSPS) is 11.8. The van der Waals surface area contributed by atoms with Crippen LogP contribution in [0, 0.1) is 13.8 Å². The molecule has 1 rings (SSSR count). The van der Waals surface area contributed by atoms with Crippen LogP contribution in [-0.4, -0.2) is 28.9 Å². The molecule has 0 radical (unpaired) electrons. The van der Waals surface area contributed by atoms with E-state index in [1.807, 2.05) is 6.92 Å². The predicted octanol–water partition coefficient (Wildman–Crippen LogP) is 3.05. The number of phenolic OH excluding ortho intramolecular Hbond substituents is 1. The quantitative estimate of drug-likeness (QED) is 0.673. The molecule has 6 nitrogen and oxygen atoms in total. The van der Waals surface area contributed by atoms with E-state index in [1.54, 1.807) is 26.0 Å². The van der Waals surface area contributed by atoms with E-state index < -0.39 is 18.1 Å². The Hall–Kier alpha value is -2.24. The molecule has 6 heteroatoms. The van der Waals surface area contributed by atoms with Crippen molar-refractivity contribution in [2.45, 2.75) is 46.1 Å². The molecule has 0 heterocycles. The Balaban J connectivity index is 2.94. The van der Waals surface area contributed by atoms with Crippen LogP contribution in [0.5, 0.6) is 5.75 Å². The highest BCUT2D eigenvalue weighted by atomic mass is 16.5. The molecule has 0 aliphatic rings. The fourth-order valence-corrected chi connectivity index (χ4v) is 2.39. The Bertz CT molecular complexity index is 518. The molecule has 22 heavy (non-hydrogen) atoms. The maximum Gasteiger partial charge on any atom is 0.407 e. The van der Waals surface area contributed by atoms with Crippen LogP contribution in [0.4, 0.5) is 4.79 Å². The summed E-state index contributed by atoms with van der Waals surface area (Å²) in [6.07, 6.45) is 0.776. The van der Waals surface area contributed by atoms with Crippen molar-refractivity contribution < 1.29 is 24.5 Å². The third kappa shape index (κ3) is 5.27.